The Morgan fingerprint density at radius 1 is 1.19 bits per heavy atom. The van der Waals surface area contributed by atoms with Gasteiger partial charge < -0.3 is 20.3 Å². The van der Waals surface area contributed by atoms with Crippen molar-refractivity contribution in [3.63, 3.8) is 0 Å². The highest BCUT2D eigenvalue weighted by atomic mass is 16.5. The van der Waals surface area contributed by atoms with E-state index in [0.717, 1.165) is 43.1 Å². The summed E-state index contributed by atoms with van der Waals surface area (Å²) in [4.78, 5) is 4.73. The predicted octanol–water partition coefficient (Wildman–Crippen LogP) is 1.42. The van der Waals surface area contributed by atoms with Gasteiger partial charge in [-0.25, -0.2) is 0 Å². The summed E-state index contributed by atoms with van der Waals surface area (Å²) in [5.41, 5.74) is 8.99. The van der Waals surface area contributed by atoms with E-state index in [2.05, 4.69) is 39.2 Å². The highest BCUT2D eigenvalue weighted by Crippen LogP contribution is 2.36. The third-order valence-electron chi connectivity index (χ3n) is 4.01. The number of hydrogen-bond acceptors (Lipinski definition) is 5. The number of likely N-dealkylation sites (N-methyl/N-ethyl adjacent to an activating group) is 1. The van der Waals surface area contributed by atoms with E-state index in [-0.39, 0.29) is 0 Å². The molecule has 0 bridgehead atoms. The molecule has 0 amide bonds. The molecule has 1 saturated heterocycles. The number of aromatic nitrogens is 2. The first-order chi connectivity index (χ1) is 10.2. The minimum absolute atomic E-state index is 0.559. The van der Waals surface area contributed by atoms with Crippen LogP contribution in [0.25, 0.3) is 11.1 Å². The Kier molecular flexibility index (Phi) is 3.70. The average Bonchev–Trinajstić information content (AvgIpc) is 2.93. The summed E-state index contributed by atoms with van der Waals surface area (Å²) in [5, 5.41) is 6.77. The van der Waals surface area contributed by atoms with Crippen molar-refractivity contribution in [3.8, 4) is 16.9 Å². The third kappa shape index (κ3) is 2.67. The topological polar surface area (TPSA) is 70.4 Å². The Hall–Kier alpha value is -2.21. The SMILES string of the molecule is COc1ccc(N2CCN(C)CC2)cc1-c1cn[nH]c1N. The lowest BCUT2D eigenvalue weighted by Gasteiger charge is -2.34. The minimum atomic E-state index is 0.559. The molecular formula is C15H21N5O. The quantitative estimate of drug-likeness (QED) is 0.893. The Labute approximate surface area is 124 Å². The number of hydrogen-bond donors (Lipinski definition) is 2. The largest absolute Gasteiger partial charge is 0.496 e. The Morgan fingerprint density at radius 3 is 2.57 bits per heavy atom. The van der Waals surface area contributed by atoms with Crippen molar-refractivity contribution < 1.29 is 4.74 Å². The highest BCUT2D eigenvalue weighted by molar-refractivity contribution is 5.80. The second-order valence-corrected chi connectivity index (χ2v) is 5.37. The lowest BCUT2D eigenvalue weighted by atomic mass is 10.1. The molecule has 21 heavy (non-hydrogen) atoms. The molecule has 1 aromatic carbocycles. The third-order valence-corrected chi connectivity index (χ3v) is 4.01. The fourth-order valence-electron chi connectivity index (χ4n) is 2.68. The number of aromatic amines is 1. The smallest absolute Gasteiger partial charge is 0.127 e. The van der Waals surface area contributed by atoms with Crippen molar-refractivity contribution in [3.05, 3.63) is 24.4 Å². The summed E-state index contributed by atoms with van der Waals surface area (Å²) in [7, 11) is 3.83. The first-order valence-corrected chi connectivity index (χ1v) is 7.10. The first kappa shape index (κ1) is 13.8. The fourth-order valence-corrected chi connectivity index (χ4v) is 2.68. The van der Waals surface area contributed by atoms with Gasteiger partial charge in [0.05, 0.1) is 13.3 Å². The molecule has 0 unspecified atom stereocenters. The van der Waals surface area contributed by atoms with Gasteiger partial charge in [0.15, 0.2) is 0 Å². The van der Waals surface area contributed by atoms with Gasteiger partial charge in [0, 0.05) is 43.0 Å². The number of piperazine rings is 1. The monoisotopic (exact) mass is 287 g/mol. The number of H-pyrrole nitrogens is 1. The molecule has 1 aliphatic rings. The van der Waals surface area contributed by atoms with E-state index in [1.165, 1.54) is 5.69 Å². The van der Waals surface area contributed by atoms with Crippen LogP contribution in [0.5, 0.6) is 5.75 Å². The number of methoxy groups -OCH3 is 1. The standard InChI is InChI=1S/C15H21N5O/c1-19-5-7-20(8-6-19)11-3-4-14(21-2)12(9-11)13-10-17-18-15(13)16/h3-4,9-10H,5-8H2,1-2H3,(H3,16,17,18). The van der Waals surface area contributed by atoms with Crippen LogP contribution in [-0.4, -0.2) is 55.4 Å². The van der Waals surface area contributed by atoms with E-state index in [1.807, 2.05) is 6.07 Å². The van der Waals surface area contributed by atoms with Crippen LogP contribution >= 0.6 is 0 Å². The number of rotatable bonds is 3. The van der Waals surface area contributed by atoms with Gasteiger partial charge in [0.25, 0.3) is 0 Å². The van der Waals surface area contributed by atoms with Crippen LogP contribution in [0.3, 0.4) is 0 Å². The summed E-state index contributed by atoms with van der Waals surface area (Å²) in [6, 6.07) is 6.23. The predicted molar refractivity (Wildman–Crippen MR) is 84.7 cm³/mol. The van der Waals surface area contributed by atoms with Gasteiger partial charge >= 0.3 is 0 Å². The van der Waals surface area contributed by atoms with Crippen molar-refractivity contribution in [2.75, 3.05) is 51.0 Å². The molecule has 0 atom stereocenters. The number of nitrogens with one attached hydrogen (secondary N) is 1. The van der Waals surface area contributed by atoms with Gasteiger partial charge in [-0.2, -0.15) is 5.10 Å². The summed E-state index contributed by atoms with van der Waals surface area (Å²) in [6.45, 7) is 4.22. The number of benzene rings is 1. The molecule has 1 aliphatic heterocycles. The number of nitrogen functional groups attached to an aromatic ring is 1. The molecule has 6 heteroatoms. The summed E-state index contributed by atoms with van der Waals surface area (Å²) < 4.78 is 5.46. The molecule has 2 aromatic rings. The van der Waals surface area contributed by atoms with E-state index in [4.69, 9.17) is 10.5 Å². The summed E-state index contributed by atoms with van der Waals surface area (Å²) in [6.07, 6.45) is 1.74. The van der Waals surface area contributed by atoms with Crippen molar-refractivity contribution in [2.24, 2.45) is 0 Å². The van der Waals surface area contributed by atoms with Gasteiger partial charge in [-0.3, -0.25) is 5.10 Å². The Balaban J connectivity index is 1.95. The molecule has 3 N–H and O–H groups in total. The molecule has 0 spiro atoms. The molecule has 0 aliphatic carbocycles. The first-order valence-electron chi connectivity index (χ1n) is 7.10. The van der Waals surface area contributed by atoms with Crippen LogP contribution in [0, 0.1) is 0 Å². The van der Waals surface area contributed by atoms with Crippen LogP contribution in [0.15, 0.2) is 24.4 Å². The number of ether oxygens (including phenoxy) is 1. The summed E-state index contributed by atoms with van der Waals surface area (Å²) in [5.74, 6) is 1.37. The second kappa shape index (κ2) is 5.65. The second-order valence-electron chi connectivity index (χ2n) is 5.37. The van der Waals surface area contributed by atoms with Gasteiger partial charge in [-0.15, -0.1) is 0 Å². The zero-order valence-corrected chi connectivity index (χ0v) is 12.5. The molecule has 112 valence electrons. The molecule has 0 saturated carbocycles. The maximum atomic E-state index is 5.95. The molecular weight excluding hydrogens is 266 g/mol. The van der Waals surface area contributed by atoms with Gasteiger partial charge in [0.2, 0.25) is 0 Å². The molecule has 1 aromatic heterocycles. The Bertz CT molecular complexity index is 616. The zero-order valence-electron chi connectivity index (χ0n) is 12.5. The van der Waals surface area contributed by atoms with E-state index in [9.17, 15) is 0 Å². The molecule has 2 heterocycles. The van der Waals surface area contributed by atoms with Crippen LogP contribution in [0.2, 0.25) is 0 Å². The van der Waals surface area contributed by atoms with Crippen molar-refractivity contribution in [1.82, 2.24) is 15.1 Å². The van der Waals surface area contributed by atoms with E-state index in [1.54, 1.807) is 13.3 Å². The van der Waals surface area contributed by atoms with Crippen LogP contribution in [0.4, 0.5) is 11.5 Å². The molecule has 0 radical (unpaired) electrons. The van der Waals surface area contributed by atoms with Crippen molar-refractivity contribution in [1.29, 1.82) is 0 Å². The average molecular weight is 287 g/mol. The van der Waals surface area contributed by atoms with Crippen LogP contribution in [-0.2, 0) is 0 Å². The maximum absolute atomic E-state index is 5.95. The van der Waals surface area contributed by atoms with Gasteiger partial charge in [-0.1, -0.05) is 0 Å². The van der Waals surface area contributed by atoms with E-state index >= 15 is 0 Å². The number of nitrogens with zero attached hydrogens (tertiary/aromatic N) is 3. The normalized spacial score (nSPS) is 16.2. The molecule has 1 fully saturated rings. The lowest BCUT2D eigenvalue weighted by molar-refractivity contribution is 0.313. The summed E-state index contributed by atoms with van der Waals surface area (Å²) >= 11 is 0. The van der Waals surface area contributed by atoms with Crippen LogP contribution < -0.4 is 15.4 Å². The van der Waals surface area contributed by atoms with E-state index in [0.29, 0.717) is 5.82 Å². The lowest BCUT2D eigenvalue weighted by Crippen LogP contribution is -2.44. The van der Waals surface area contributed by atoms with Gasteiger partial charge in [0.1, 0.15) is 11.6 Å². The zero-order chi connectivity index (χ0) is 14.8. The van der Waals surface area contributed by atoms with Crippen molar-refractivity contribution >= 4 is 11.5 Å². The van der Waals surface area contributed by atoms with Crippen molar-refractivity contribution in [2.45, 2.75) is 0 Å². The number of nitrogens with two attached hydrogens (primary N) is 1. The highest BCUT2D eigenvalue weighted by Gasteiger charge is 2.17. The van der Waals surface area contributed by atoms with Crippen LogP contribution in [0.1, 0.15) is 0 Å². The fraction of sp³-hybridized carbons (Fsp3) is 0.400. The van der Waals surface area contributed by atoms with E-state index < -0.39 is 0 Å². The molecule has 3 rings (SSSR count). The number of anilines is 2. The molecule has 6 nitrogen and oxygen atoms in total. The minimum Gasteiger partial charge on any atom is -0.496 e. The maximum Gasteiger partial charge on any atom is 0.127 e. The Morgan fingerprint density at radius 2 is 1.95 bits per heavy atom. The van der Waals surface area contributed by atoms with Gasteiger partial charge in [-0.05, 0) is 25.2 Å².